The van der Waals surface area contributed by atoms with Crippen LogP contribution in [0.3, 0.4) is 0 Å². The Hall–Kier alpha value is -3.19. The van der Waals surface area contributed by atoms with Crippen LogP contribution in [-0.2, 0) is 0 Å². The summed E-state index contributed by atoms with van der Waals surface area (Å²) in [5, 5.41) is 3.25. The van der Waals surface area contributed by atoms with Crippen LogP contribution in [-0.4, -0.2) is 42.6 Å². The van der Waals surface area contributed by atoms with E-state index in [0.717, 1.165) is 11.3 Å². The molecular formula is C21H23FN4O2. The zero-order valence-electron chi connectivity index (χ0n) is 16.1. The van der Waals surface area contributed by atoms with Crippen molar-refractivity contribution >= 4 is 5.95 Å². The zero-order valence-corrected chi connectivity index (χ0v) is 16.1. The maximum Gasteiger partial charge on any atom is 0.226 e. The van der Waals surface area contributed by atoms with Crippen LogP contribution in [0.1, 0.15) is 11.6 Å². The van der Waals surface area contributed by atoms with E-state index in [1.54, 1.807) is 31.5 Å². The number of rotatable bonds is 8. The Kier molecular flexibility index (Phi) is 6.39. The number of nitrogens with one attached hydrogen (secondary N) is 1. The largest absolute Gasteiger partial charge is 0.497 e. The Morgan fingerprint density at radius 3 is 2.57 bits per heavy atom. The Labute approximate surface area is 164 Å². The number of hydrogen-bond donors (Lipinski definition) is 1. The molecule has 0 saturated carbocycles. The molecule has 0 bridgehead atoms. The van der Waals surface area contributed by atoms with Gasteiger partial charge in [0.2, 0.25) is 11.8 Å². The Balaban J connectivity index is 1.69. The van der Waals surface area contributed by atoms with E-state index in [2.05, 4.69) is 26.3 Å². The summed E-state index contributed by atoms with van der Waals surface area (Å²) in [6.07, 6.45) is 1.62. The van der Waals surface area contributed by atoms with E-state index in [4.69, 9.17) is 9.47 Å². The standard InChI is InChI=1S/C21H23FN4O2/c1-26(2)19(15-5-4-6-18(13-15)27-3)14-24-21-23-12-11-20(25-21)28-17-9-7-16(22)8-10-17/h4-13,19H,14H2,1-3H3,(H,23,24,25). The minimum atomic E-state index is -0.315. The minimum Gasteiger partial charge on any atom is -0.497 e. The lowest BCUT2D eigenvalue weighted by molar-refractivity contribution is 0.310. The monoisotopic (exact) mass is 382 g/mol. The van der Waals surface area contributed by atoms with E-state index in [9.17, 15) is 4.39 Å². The Bertz CT molecular complexity index is 903. The minimum absolute atomic E-state index is 0.0976. The topological polar surface area (TPSA) is 59.5 Å². The fourth-order valence-corrected chi connectivity index (χ4v) is 2.74. The van der Waals surface area contributed by atoms with Crippen LogP contribution in [0, 0.1) is 5.82 Å². The van der Waals surface area contributed by atoms with Crippen molar-refractivity contribution in [1.29, 1.82) is 0 Å². The van der Waals surface area contributed by atoms with E-state index in [1.165, 1.54) is 12.1 Å². The molecule has 3 aromatic rings. The summed E-state index contributed by atoms with van der Waals surface area (Å²) in [6.45, 7) is 0.597. The molecule has 0 radical (unpaired) electrons. The number of methoxy groups -OCH3 is 1. The second kappa shape index (κ2) is 9.14. The third-order valence-corrected chi connectivity index (χ3v) is 4.22. The molecule has 0 aliphatic rings. The van der Waals surface area contributed by atoms with E-state index in [0.29, 0.717) is 24.1 Å². The lowest BCUT2D eigenvalue weighted by Crippen LogP contribution is -2.27. The molecule has 0 aliphatic heterocycles. The van der Waals surface area contributed by atoms with Gasteiger partial charge in [-0.1, -0.05) is 12.1 Å². The molecule has 1 atom stereocenters. The first kappa shape index (κ1) is 19.6. The maximum atomic E-state index is 13.0. The molecule has 0 fully saturated rings. The number of benzene rings is 2. The number of nitrogens with zero attached hydrogens (tertiary/aromatic N) is 3. The van der Waals surface area contributed by atoms with Crippen LogP contribution in [0.25, 0.3) is 0 Å². The van der Waals surface area contributed by atoms with Crippen LogP contribution in [0.15, 0.2) is 60.8 Å². The van der Waals surface area contributed by atoms with Crippen molar-refractivity contribution in [3.8, 4) is 17.4 Å². The summed E-state index contributed by atoms with van der Waals surface area (Å²) in [4.78, 5) is 10.7. The molecule has 0 amide bonds. The van der Waals surface area contributed by atoms with Gasteiger partial charge in [0.15, 0.2) is 0 Å². The average Bonchev–Trinajstić information content (AvgIpc) is 2.70. The number of halogens is 1. The number of aromatic nitrogens is 2. The van der Waals surface area contributed by atoms with Gasteiger partial charge >= 0.3 is 0 Å². The normalized spacial score (nSPS) is 11.9. The molecule has 1 heterocycles. The van der Waals surface area contributed by atoms with Gasteiger partial charge in [-0.05, 0) is 56.1 Å². The summed E-state index contributed by atoms with van der Waals surface area (Å²) >= 11 is 0. The van der Waals surface area contributed by atoms with Gasteiger partial charge in [0, 0.05) is 18.8 Å². The van der Waals surface area contributed by atoms with E-state index < -0.39 is 0 Å². The zero-order chi connectivity index (χ0) is 19.9. The molecule has 7 heteroatoms. The fraction of sp³-hybridized carbons (Fsp3) is 0.238. The summed E-state index contributed by atoms with van der Waals surface area (Å²) in [5.41, 5.74) is 1.12. The van der Waals surface area contributed by atoms with Crippen LogP contribution < -0.4 is 14.8 Å². The molecule has 146 valence electrons. The van der Waals surface area contributed by atoms with E-state index in [-0.39, 0.29) is 11.9 Å². The molecule has 2 aromatic carbocycles. The van der Waals surface area contributed by atoms with Gasteiger partial charge in [0.25, 0.3) is 0 Å². The van der Waals surface area contributed by atoms with Crippen molar-refractivity contribution in [3.63, 3.8) is 0 Å². The molecular weight excluding hydrogens is 359 g/mol. The van der Waals surface area contributed by atoms with E-state index >= 15 is 0 Å². The van der Waals surface area contributed by atoms with Crippen LogP contribution in [0.5, 0.6) is 17.4 Å². The average molecular weight is 382 g/mol. The summed E-state index contributed by atoms with van der Waals surface area (Å²) in [5.74, 6) is 1.84. The second-order valence-corrected chi connectivity index (χ2v) is 6.41. The van der Waals surface area contributed by atoms with Gasteiger partial charge in [-0.15, -0.1) is 0 Å². The fourth-order valence-electron chi connectivity index (χ4n) is 2.74. The molecule has 0 spiro atoms. The van der Waals surface area contributed by atoms with Crippen molar-refractivity contribution in [2.24, 2.45) is 0 Å². The first-order valence-electron chi connectivity index (χ1n) is 8.86. The number of hydrogen-bond acceptors (Lipinski definition) is 6. The quantitative estimate of drug-likeness (QED) is 0.632. The highest BCUT2D eigenvalue weighted by molar-refractivity contribution is 5.34. The number of likely N-dealkylation sites (N-methyl/N-ethyl adjacent to an activating group) is 1. The van der Waals surface area contributed by atoms with Gasteiger partial charge in [0.05, 0.1) is 13.2 Å². The Morgan fingerprint density at radius 2 is 1.86 bits per heavy atom. The molecule has 28 heavy (non-hydrogen) atoms. The molecule has 0 saturated heterocycles. The van der Waals surface area contributed by atoms with Crippen molar-refractivity contribution in [3.05, 3.63) is 72.2 Å². The lowest BCUT2D eigenvalue weighted by Gasteiger charge is -2.25. The molecule has 1 aromatic heterocycles. The van der Waals surface area contributed by atoms with Crippen molar-refractivity contribution in [2.45, 2.75) is 6.04 Å². The molecule has 1 N–H and O–H groups in total. The Morgan fingerprint density at radius 1 is 1.07 bits per heavy atom. The van der Waals surface area contributed by atoms with Crippen LogP contribution in [0.4, 0.5) is 10.3 Å². The van der Waals surface area contributed by atoms with Gasteiger partial charge in [-0.3, -0.25) is 0 Å². The van der Waals surface area contributed by atoms with Crippen molar-refractivity contribution < 1.29 is 13.9 Å². The molecule has 0 aliphatic carbocycles. The highest BCUT2D eigenvalue weighted by Crippen LogP contribution is 2.24. The predicted octanol–water partition coefficient (Wildman–Crippen LogP) is 4.13. The van der Waals surface area contributed by atoms with E-state index in [1.807, 2.05) is 32.3 Å². The van der Waals surface area contributed by atoms with Crippen molar-refractivity contribution in [2.75, 3.05) is 33.1 Å². The highest BCUT2D eigenvalue weighted by Gasteiger charge is 2.15. The maximum absolute atomic E-state index is 13.0. The number of ether oxygens (including phenoxy) is 2. The van der Waals surface area contributed by atoms with Gasteiger partial charge < -0.3 is 19.7 Å². The SMILES string of the molecule is COc1cccc(C(CNc2nccc(Oc3ccc(F)cc3)n2)N(C)C)c1. The summed E-state index contributed by atoms with van der Waals surface area (Å²) < 4.78 is 24.0. The first-order chi connectivity index (χ1) is 13.5. The van der Waals surface area contributed by atoms with Gasteiger partial charge in [-0.2, -0.15) is 4.98 Å². The number of anilines is 1. The third-order valence-electron chi connectivity index (χ3n) is 4.22. The summed E-state index contributed by atoms with van der Waals surface area (Å²) in [7, 11) is 5.68. The van der Waals surface area contributed by atoms with Crippen LogP contribution in [0.2, 0.25) is 0 Å². The van der Waals surface area contributed by atoms with Gasteiger partial charge in [-0.25, -0.2) is 9.37 Å². The second-order valence-electron chi connectivity index (χ2n) is 6.41. The van der Waals surface area contributed by atoms with Crippen LogP contribution >= 0.6 is 0 Å². The lowest BCUT2D eigenvalue weighted by atomic mass is 10.1. The molecule has 6 nitrogen and oxygen atoms in total. The molecule has 1 unspecified atom stereocenters. The highest BCUT2D eigenvalue weighted by atomic mass is 19.1. The summed E-state index contributed by atoms with van der Waals surface area (Å²) in [6, 6.07) is 15.5. The first-order valence-corrected chi connectivity index (χ1v) is 8.86. The smallest absolute Gasteiger partial charge is 0.226 e. The van der Waals surface area contributed by atoms with Crippen molar-refractivity contribution in [1.82, 2.24) is 14.9 Å². The van der Waals surface area contributed by atoms with Gasteiger partial charge in [0.1, 0.15) is 17.3 Å². The predicted molar refractivity (Wildman–Crippen MR) is 106 cm³/mol. The molecule has 3 rings (SSSR count). The third kappa shape index (κ3) is 5.17.